The summed E-state index contributed by atoms with van der Waals surface area (Å²) < 4.78 is 6.40. The first-order valence-electron chi connectivity index (χ1n) is 7.29. The average Bonchev–Trinajstić information content (AvgIpc) is 2.41. The molecule has 0 saturated carbocycles. The Morgan fingerprint density at radius 1 is 1.29 bits per heavy atom. The highest BCUT2D eigenvalue weighted by atomic mass is 79.9. The fourth-order valence-corrected chi connectivity index (χ4v) is 2.15. The molecule has 1 rings (SSSR count). The van der Waals surface area contributed by atoms with Gasteiger partial charge in [-0.2, -0.15) is 0 Å². The van der Waals surface area contributed by atoms with Crippen LogP contribution in [-0.4, -0.2) is 25.1 Å². The number of carbonyl (C=O) groups excluding carboxylic acids is 1. The summed E-state index contributed by atoms with van der Waals surface area (Å²) in [6, 6.07) is 6.35. The van der Waals surface area contributed by atoms with Crippen molar-refractivity contribution in [1.82, 2.24) is 10.6 Å². The van der Waals surface area contributed by atoms with Crippen molar-refractivity contribution >= 4 is 21.8 Å². The van der Waals surface area contributed by atoms with Crippen LogP contribution in [0.15, 0.2) is 22.7 Å². The van der Waals surface area contributed by atoms with Crippen LogP contribution in [0.5, 0.6) is 5.75 Å². The number of hydrogen-bond donors (Lipinski definition) is 2. The molecule has 0 bridgehead atoms. The van der Waals surface area contributed by atoms with Crippen LogP contribution in [-0.2, 0) is 11.3 Å². The molecule has 0 heterocycles. The minimum atomic E-state index is -0.0962. The van der Waals surface area contributed by atoms with Crippen LogP contribution < -0.4 is 15.4 Å². The molecule has 1 aromatic rings. The maximum absolute atomic E-state index is 11.6. The van der Waals surface area contributed by atoms with Crippen LogP contribution >= 0.6 is 15.9 Å². The van der Waals surface area contributed by atoms with Crippen LogP contribution in [0.1, 0.15) is 33.3 Å². The smallest absolute Gasteiger partial charge is 0.257 e. The summed E-state index contributed by atoms with van der Waals surface area (Å²) >= 11 is 3.48. The summed E-state index contributed by atoms with van der Waals surface area (Å²) in [6.07, 6.45) is 0. The van der Waals surface area contributed by atoms with Crippen molar-refractivity contribution in [3.8, 4) is 5.75 Å². The second-order valence-electron chi connectivity index (χ2n) is 5.79. The second kappa shape index (κ2) is 9.05. The highest BCUT2D eigenvalue weighted by Gasteiger charge is 2.07. The zero-order valence-electron chi connectivity index (χ0n) is 13.2. The molecule has 0 fully saturated rings. The monoisotopic (exact) mass is 356 g/mol. The molecule has 1 aromatic carbocycles. The van der Waals surface area contributed by atoms with Gasteiger partial charge in [0.2, 0.25) is 0 Å². The van der Waals surface area contributed by atoms with Crippen molar-refractivity contribution in [2.24, 2.45) is 5.92 Å². The molecule has 4 nitrogen and oxygen atoms in total. The van der Waals surface area contributed by atoms with Crippen LogP contribution in [0, 0.1) is 5.92 Å². The molecule has 5 heteroatoms. The standard InChI is InChI=1S/C16H25BrN2O2/c1-11(2)8-19-16(20)10-21-15-6-5-13(7-14(15)17)9-18-12(3)4/h5-7,11-12,18H,8-10H2,1-4H3,(H,19,20). The topological polar surface area (TPSA) is 50.4 Å². The lowest BCUT2D eigenvalue weighted by molar-refractivity contribution is -0.123. The lowest BCUT2D eigenvalue weighted by Crippen LogP contribution is -2.31. The van der Waals surface area contributed by atoms with Gasteiger partial charge in [-0.25, -0.2) is 0 Å². The minimum Gasteiger partial charge on any atom is -0.483 e. The first kappa shape index (κ1) is 18.0. The maximum Gasteiger partial charge on any atom is 0.257 e. The number of amides is 1. The SMILES string of the molecule is CC(C)CNC(=O)COc1ccc(CNC(C)C)cc1Br. The van der Waals surface area contributed by atoms with Crippen LogP contribution in [0.25, 0.3) is 0 Å². The Bertz CT molecular complexity index is 462. The molecule has 0 radical (unpaired) electrons. The average molecular weight is 357 g/mol. The molecule has 0 unspecified atom stereocenters. The lowest BCUT2D eigenvalue weighted by Gasteiger charge is -2.12. The molecule has 0 atom stereocenters. The quantitative estimate of drug-likeness (QED) is 0.752. The third-order valence-electron chi connectivity index (χ3n) is 2.78. The van der Waals surface area contributed by atoms with E-state index in [4.69, 9.17) is 4.74 Å². The Labute approximate surface area is 135 Å². The normalized spacial score (nSPS) is 11.0. The summed E-state index contributed by atoms with van der Waals surface area (Å²) in [5, 5.41) is 6.19. The number of nitrogens with one attached hydrogen (secondary N) is 2. The van der Waals surface area contributed by atoms with E-state index in [0.717, 1.165) is 11.0 Å². The van der Waals surface area contributed by atoms with E-state index in [1.807, 2.05) is 18.2 Å². The highest BCUT2D eigenvalue weighted by Crippen LogP contribution is 2.26. The Morgan fingerprint density at radius 2 is 2.00 bits per heavy atom. The summed E-state index contributed by atoms with van der Waals surface area (Å²) in [6.45, 7) is 9.86. The molecule has 0 aromatic heterocycles. The summed E-state index contributed by atoms with van der Waals surface area (Å²) in [4.78, 5) is 11.6. The van der Waals surface area contributed by atoms with Crippen LogP contribution in [0.3, 0.4) is 0 Å². The molecule has 118 valence electrons. The predicted molar refractivity (Wildman–Crippen MR) is 89.5 cm³/mol. The van der Waals surface area contributed by atoms with Crippen molar-refractivity contribution in [2.45, 2.75) is 40.3 Å². The van der Waals surface area contributed by atoms with Gasteiger partial charge in [-0.1, -0.05) is 33.8 Å². The van der Waals surface area contributed by atoms with Crippen LogP contribution in [0.4, 0.5) is 0 Å². The summed E-state index contributed by atoms with van der Waals surface area (Å²) in [7, 11) is 0. The van der Waals surface area contributed by atoms with E-state index in [1.165, 1.54) is 5.56 Å². The van der Waals surface area contributed by atoms with E-state index >= 15 is 0 Å². The van der Waals surface area contributed by atoms with Gasteiger partial charge in [0.1, 0.15) is 5.75 Å². The van der Waals surface area contributed by atoms with Gasteiger partial charge in [0, 0.05) is 19.1 Å². The van der Waals surface area contributed by atoms with E-state index in [1.54, 1.807) is 0 Å². The number of halogens is 1. The van der Waals surface area contributed by atoms with Gasteiger partial charge in [0.25, 0.3) is 5.91 Å². The number of carbonyl (C=O) groups is 1. The molecular formula is C16H25BrN2O2. The molecule has 1 amide bonds. The van der Waals surface area contributed by atoms with Gasteiger partial charge in [-0.15, -0.1) is 0 Å². The molecule has 0 spiro atoms. The molecule has 0 aliphatic carbocycles. The van der Waals surface area contributed by atoms with E-state index in [2.05, 4.69) is 54.3 Å². The zero-order valence-corrected chi connectivity index (χ0v) is 14.8. The van der Waals surface area contributed by atoms with E-state index in [0.29, 0.717) is 24.3 Å². The third-order valence-corrected chi connectivity index (χ3v) is 3.40. The van der Waals surface area contributed by atoms with Gasteiger partial charge in [0.05, 0.1) is 4.47 Å². The van der Waals surface area contributed by atoms with Crippen molar-refractivity contribution in [2.75, 3.05) is 13.2 Å². The number of rotatable bonds is 8. The number of ether oxygens (including phenoxy) is 1. The minimum absolute atomic E-state index is 0.0366. The van der Waals surface area contributed by atoms with E-state index in [9.17, 15) is 4.79 Å². The highest BCUT2D eigenvalue weighted by molar-refractivity contribution is 9.10. The van der Waals surface area contributed by atoms with Crippen LogP contribution in [0.2, 0.25) is 0 Å². The molecule has 21 heavy (non-hydrogen) atoms. The van der Waals surface area contributed by atoms with Crippen molar-refractivity contribution in [1.29, 1.82) is 0 Å². The van der Waals surface area contributed by atoms with Crippen molar-refractivity contribution < 1.29 is 9.53 Å². The molecule has 0 aliphatic heterocycles. The maximum atomic E-state index is 11.6. The lowest BCUT2D eigenvalue weighted by atomic mass is 10.2. The molecular weight excluding hydrogens is 332 g/mol. The van der Waals surface area contributed by atoms with Gasteiger partial charge < -0.3 is 15.4 Å². The summed E-state index contributed by atoms with van der Waals surface area (Å²) in [5.41, 5.74) is 1.17. The Kier molecular flexibility index (Phi) is 7.75. The predicted octanol–water partition coefficient (Wildman–Crippen LogP) is 3.10. The molecule has 0 aliphatic rings. The third kappa shape index (κ3) is 7.48. The Balaban J connectivity index is 2.47. The Morgan fingerprint density at radius 3 is 2.57 bits per heavy atom. The van der Waals surface area contributed by atoms with Gasteiger partial charge in [-0.05, 0) is 39.5 Å². The van der Waals surface area contributed by atoms with Crippen molar-refractivity contribution in [3.63, 3.8) is 0 Å². The van der Waals surface area contributed by atoms with E-state index in [-0.39, 0.29) is 12.5 Å². The van der Waals surface area contributed by atoms with E-state index < -0.39 is 0 Å². The second-order valence-corrected chi connectivity index (χ2v) is 6.64. The largest absolute Gasteiger partial charge is 0.483 e. The van der Waals surface area contributed by atoms with Gasteiger partial charge in [0.15, 0.2) is 6.61 Å². The summed E-state index contributed by atoms with van der Waals surface area (Å²) in [5.74, 6) is 1.03. The fourth-order valence-electron chi connectivity index (χ4n) is 1.61. The van der Waals surface area contributed by atoms with Crippen molar-refractivity contribution in [3.05, 3.63) is 28.2 Å². The number of benzene rings is 1. The zero-order chi connectivity index (χ0) is 15.8. The van der Waals surface area contributed by atoms with Gasteiger partial charge >= 0.3 is 0 Å². The molecule has 0 saturated heterocycles. The molecule has 2 N–H and O–H groups in total. The first-order chi connectivity index (χ1) is 9.88. The van der Waals surface area contributed by atoms with Gasteiger partial charge in [-0.3, -0.25) is 4.79 Å². The Hall–Kier alpha value is -1.07. The number of hydrogen-bond acceptors (Lipinski definition) is 3. The first-order valence-corrected chi connectivity index (χ1v) is 8.09. The fraction of sp³-hybridized carbons (Fsp3) is 0.562.